The van der Waals surface area contributed by atoms with Gasteiger partial charge in [-0.05, 0) is 45.1 Å². The fourth-order valence-corrected chi connectivity index (χ4v) is 1.70. The molecule has 1 rings (SSSR count). The van der Waals surface area contributed by atoms with Gasteiger partial charge in [-0.2, -0.15) is 0 Å². The molecule has 0 aromatic carbocycles. The lowest BCUT2D eigenvalue weighted by Gasteiger charge is -2.09. The van der Waals surface area contributed by atoms with Gasteiger partial charge in [-0.3, -0.25) is 15.2 Å². The molecule has 0 saturated carbocycles. The Bertz CT molecular complexity index is 363. The maximum atomic E-state index is 11.5. The summed E-state index contributed by atoms with van der Waals surface area (Å²) >= 11 is 0. The van der Waals surface area contributed by atoms with Crippen LogP contribution >= 0.6 is 24.8 Å². The molecule has 5 nitrogen and oxygen atoms in total. The number of aromatic nitrogens is 1. The third kappa shape index (κ3) is 12.6. The number of carbonyl (C=O) groups excluding carboxylic acids is 1. The van der Waals surface area contributed by atoms with Gasteiger partial charge in [0.25, 0.3) is 0 Å². The molecule has 0 fully saturated rings. The Morgan fingerprint density at radius 2 is 2.00 bits per heavy atom. The van der Waals surface area contributed by atoms with Gasteiger partial charge in [0.2, 0.25) is 5.91 Å². The lowest BCUT2D eigenvalue weighted by molar-refractivity contribution is -0.122. The number of hydrogen-bond acceptors (Lipinski definition) is 4. The highest BCUT2D eigenvalue weighted by Crippen LogP contribution is 2.00. The Morgan fingerprint density at radius 1 is 1.24 bits per heavy atom. The van der Waals surface area contributed by atoms with E-state index in [0.717, 1.165) is 31.4 Å². The first-order valence-electron chi connectivity index (χ1n) is 6.74. The van der Waals surface area contributed by atoms with Crippen LogP contribution in [0.3, 0.4) is 0 Å². The fourth-order valence-electron chi connectivity index (χ4n) is 1.70. The number of pyridine rings is 1. The Kier molecular flexibility index (Phi) is 15.0. The first-order valence-corrected chi connectivity index (χ1v) is 6.74. The normalized spacial score (nSPS) is 9.67. The van der Waals surface area contributed by atoms with Crippen LogP contribution in [0, 0.1) is 0 Å². The van der Waals surface area contributed by atoms with Crippen LogP contribution < -0.4 is 10.9 Å². The van der Waals surface area contributed by atoms with Crippen molar-refractivity contribution in [1.29, 1.82) is 0 Å². The number of nitrogens with zero attached hydrogens (tertiary/aromatic N) is 2. The first kappa shape index (κ1) is 22.4. The van der Waals surface area contributed by atoms with Crippen molar-refractivity contribution in [3.8, 4) is 0 Å². The minimum Gasteiger partial charge on any atom is -0.309 e. The number of carbonyl (C=O) groups is 1. The van der Waals surface area contributed by atoms with E-state index in [4.69, 9.17) is 0 Å². The summed E-state index contributed by atoms with van der Waals surface area (Å²) in [5, 5.41) is 0. The lowest BCUT2D eigenvalue weighted by atomic mass is 10.2. The summed E-state index contributed by atoms with van der Waals surface area (Å²) in [6.45, 7) is 1.68. The van der Waals surface area contributed by atoms with Crippen molar-refractivity contribution in [1.82, 2.24) is 20.7 Å². The maximum absolute atomic E-state index is 11.5. The van der Waals surface area contributed by atoms with Crippen LogP contribution in [0.4, 0.5) is 0 Å². The summed E-state index contributed by atoms with van der Waals surface area (Å²) in [4.78, 5) is 17.7. The number of halogens is 2. The molecule has 0 saturated heterocycles. The van der Waals surface area contributed by atoms with Crippen molar-refractivity contribution >= 4 is 30.7 Å². The summed E-state index contributed by atoms with van der Waals surface area (Å²) in [7, 11) is 4.13. The molecular weight excluding hydrogens is 311 g/mol. The summed E-state index contributed by atoms with van der Waals surface area (Å²) < 4.78 is 0. The quantitative estimate of drug-likeness (QED) is 0.536. The summed E-state index contributed by atoms with van der Waals surface area (Å²) in [6, 6.07) is 3.84. The van der Waals surface area contributed by atoms with Crippen LogP contribution in [0.25, 0.3) is 0 Å². The monoisotopic (exact) mass is 336 g/mol. The van der Waals surface area contributed by atoms with Gasteiger partial charge in [-0.15, -0.1) is 24.8 Å². The van der Waals surface area contributed by atoms with E-state index in [1.165, 1.54) is 0 Å². The molecule has 0 spiro atoms. The van der Waals surface area contributed by atoms with Gasteiger partial charge in [0, 0.05) is 25.4 Å². The van der Waals surface area contributed by atoms with E-state index in [0.29, 0.717) is 13.0 Å². The van der Waals surface area contributed by atoms with Crippen molar-refractivity contribution in [2.24, 2.45) is 0 Å². The van der Waals surface area contributed by atoms with Gasteiger partial charge >= 0.3 is 0 Å². The molecule has 0 aliphatic carbocycles. The zero-order valence-corrected chi connectivity index (χ0v) is 14.3. The molecule has 1 aromatic heterocycles. The van der Waals surface area contributed by atoms with Crippen LogP contribution in [0.5, 0.6) is 0 Å². The molecule has 1 heterocycles. The molecule has 0 radical (unpaired) electrons. The van der Waals surface area contributed by atoms with Gasteiger partial charge in [-0.25, -0.2) is 5.43 Å². The summed E-state index contributed by atoms with van der Waals surface area (Å²) in [6.07, 6.45) is 7.26. The van der Waals surface area contributed by atoms with Crippen LogP contribution in [0.15, 0.2) is 24.5 Å². The molecule has 0 aliphatic heterocycles. The zero-order chi connectivity index (χ0) is 13.9. The first-order chi connectivity index (χ1) is 9.18. The number of unbranched alkanes of at least 4 members (excludes halogenated alkanes) is 2. The van der Waals surface area contributed by atoms with E-state index < -0.39 is 0 Å². The molecule has 0 aliphatic rings. The smallest absolute Gasteiger partial charge is 0.234 e. The molecule has 0 bridgehead atoms. The van der Waals surface area contributed by atoms with Crippen LogP contribution in [-0.4, -0.2) is 36.4 Å². The second-order valence-electron chi connectivity index (χ2n) is 4.88. The minimum absolute atomic E-state index is 0. The molecule has 2 N–H and O–H groups in total. The third-order valence-electron chi connectivity index (χ3n) is 2.75. The third-order valence-corrected chi connectivity index (χ3v) is 2.75. The largest absolute Gasteiger partial charge is 0.309 e. The highest BCUT2D eigenvalue weighted by Gasteiger charge is 2.00. The van der Waals surface area contributed by atoms with E-state index in [1.54, 1.807) is 12.4 Å². The predicted octanol–water partition coefficient (Wildman–Crippen LogP) is 2.17. The molecule has 0 unspecified atom stereocenters. The lowest BCUT2D eigenvalue weighted by Crippen LogP contribution is -2.36. The molecule has 21 heavy (non-hydrogen) atoms. The van der Waals surface area contributed by atoms with Gasteiger partial charge in [-0.1, -0.05) is 12.5 Å². The van der Waals surface area contributed by atoms with Gasteiger partial charge in [0.1, 0.15) is 0 Å². The Labute approximate surface area is 139 Å². The highest BCUT2D eigenvalue weighted by molar-refractivity contribution is 5.85. The Balaban J connectivity index is 0. The van der Waals surface area contributed by atoms with Crippen LogP contribution in [0.2, 0.25) is 0 Å². The van der Waals surface area contributed by atoms with E-state index in [9.17, 15) is 4.79 Å². The fraction of sp³-hybridized carbons (Fsp3) is 0.571. The van der Waals surface area contributed by atoms with Crippen molar-refractivity contribution in [3.63, 3.8) is 0 Å². The summed E-state index contributed by atoms with van der Waals surface area (Å²) in [5.41, 5.74) is 6.67. The number of amides is 1. The summed E-state index contributed by atoms with van der Waals surface area (Å²) in [5.74, 6) is 0.0498. The zero-order valence-electron chi connectivity index (χ0n) is 12.7. The number of hydrogen-bond donors (Lipinski definition) is 2. The van der Waals surface area contributed by atoms with Crippen molar-refractivity contribution in [2.45, 2.75) is 32.2 Å². The molecule has 7 heteroatoms. The van der Waals surface area contributed by atoms with E-state index in [1.807, 2.05) is 12.1 Å². The molecule has 122 valence electrons. The molecular formula is C14H26Cl2N4O. The Hall–Kier alpha value is -0.880. The molecule has 1 amide bonds. The number of nitrogens with one attached hydrogen (secondary N) is 2. The predicted molar refractivity (Wildman–Crippen MR) is 90.7 cm³/mol. The van der Waals surface area contributed by atoms with E-state index in [2.05, 4.69) is 34.8 Å². The van der Waals surface area contributed by atoms with Crippen LogP contribution in [-0.2, 0) is 11.3 Å². The Morgan fingerprint density at radius 3 is 2.62 bits per heavy atom. The van der Waals surface area contributed by atoms with Gasteiger partial charge in [0.15, 0.2) is 0 Å². The molecule has 1 aromatic rings. The second-order valence-corrected chi connectivity index (χ2v) is 4.88. The second kappa shape index (κ2) is 14.1. The average Bonchev–Trinajstić information content (AvgIpc) is 2.39. The number of hydrazine groups is 1. The SMILES string of the molecule is CN(C)CCCCCC(=O)NNCc1cccnc1.Cl.Cl. The topological polar surface area (TPSA) is 57.3 Å². The number of rotatable bonds is 9. The standard InChI is InChI=1S/C14H24N4O.2ClH/c1-18(2)10-5-3-4-8-14(19)17-16-12-13-7-6-9-15-11-13;;/h6-7,9,11,16H,3-5,8,10,12H2,1-2H3,(H,17,19);2*1H. The average molecular weight is 337 g/mol. The minimum atomic E-state index is 0. The van der Waals surface area contributed by atoms with Gasteiger partial charge in [0.05, 0.1) is 0 Å². The van der Waals surface area contributed by atoms with Crippen molar-refractivity contribution in [3.05, 3.63) is 30.1 Å². The maximum Gasteiger partial charge on any atom is 0.234 e. The van der Waals surface area contributed by atoms with Crippen molar-refractivity contribution < 1.29 is 4.79 Å². The van der Waals surface area contributed by atoms with Crippen LogP contribution in [0.1, 0.15) is 31.2 Å². The van der Waals surface area contributed by atoms with E-state index >= 15 is 0 Å². The molecule has 0 atom stereocenters. The highest BCUT2D eigenvalue weighted by atomic mass is 35.5. The van der Waals surface area contributed by atoms with Crippen molar-refractivity contribution in [2.75, 3.05) is 20.6 Å². The van der Waals surface area contributed by atoms with E-state index in [-0.39, 0.29) is 30.7 Å². The van der Waals surface area contributed by atoms with Gasteiger partial charge < -0.3 is 4.90 Å².